The van der Waals surface area contributed by atoms with Gasteiger partial charge in [-0.15, -0.1) is 11.3 Å². The van der Waals surface area contributed by atoms with E-state index in [1.54, 1.807) is 17.5 Å². The van der Waals surface area contributed by atoms with Crippen LogP contribution in [0.4, 0.5) is 5.69 Å². The molecule has 0 saturated carbocycles. The number of carbonyl (C=O) groups excluding carboxylic acids is 1. The number of rotatable bonds is 5. The zero-order valence-corrected chi connectivity index (χ0v) is 15.9. The molecule has 3 aromatic rings. The minimum absolute atomic E-state index is 0.0219. The number of nitrogens with one attached hydrogen (secondary N) is 1. The maximum absolute atomic E-state index is 12.7. The van der Waals surface area contributed by atoms with E-state index in [2.05, 4.69) is 26.3 Å². The number of nitrogens with zero attached hydrogens (tertiary/aromatic N) is 3. The molecule has 4 rings (SSSR count). The Hall–Kier alpha value is -2.57. The summed E-state index contributed by atoms with van der Waals surface area (Å²) < 4.78 is 0. The lowest BCUT2D eigenvalue weighted by atomic mass is 9.96. The minimum Gasteiger partial charge on any atom is -0.326 e. The molecular formula is C21H22N4OS. The van der Waals surface area contributed by atoms with E-state index in [9.17, 15) is 4.79 Å². The summed E-state index contributed by atoms with van der Waals surface area (Å²) in [5, 5.41) is 5.09. The van der Waals surface area contributed by atoms with Gasteiger partial charge in [-0.1, -0.05) is 18.2 Å². The molecule has 0 bridgehead atoms. The number of hydrogen-bond donors (Lipinski definition) is 1. The number of amides is 1. The average molecular weight is 379 g/mol. The van der Waals surface area contributed by atoms with Crippen LogP contribution in [0.15, 0.2) is 59.7 Å². The van der Waals surface area contributed by atoms with Crippen molar-refractivity contribution in [1.82, 2.24) is 14.9 Å². The summed E-state index contributed by atoms with van der Waals surface area (Å²) in [6.07, 6.45) is 5.66. The quantitative estimate of drug-likeness (QED) is 0.727. The number of piperidine rings is 1. The second-order valence-electron chi connectivity index (χ2n) is 6.88. The van der Waals surface area contributed by atoms with Gasteiger partial charge in [-0.25, -0.2) is 4.98 Å². The molecule has 1 aliphatic rings. The van der Waals surface area contributed by atoms with Gasteiger partial charge in [0.15, 0.2) is 0 Å². The maximum Gasteiger partial charge on any atom is 0.228 e. The molecule has 1 amide bonds. The molecule has 5 nitrogen and oxygen atoms in total. The number of thiazole rings is 1. The predicted octanol–water partition coefficient (Wildman–Crippen LogP) is 4.06. The van der Waals surface area contributed by atoms with Crippen LogP contribution in [0.1, 0.15) is 18.4 Å². The van der Waals surface area contributed by atoms with Gasteiger partial charge < -0.3 is 5.32 Å². The zero-order valence-electron chi connectivity index (χ0n) is 15.0. The van der Waals surface area contributed by atoms with Crippen molar-refractivity contribution in [3.8, 4) is 11.3 Å². The van der Waals surface area contributed by atoms with Gasteiger partial charge in [0.2, 0.25) is 5.91 Å². The van der Waals surface area contributed by atoms with Crippen molar-refractivity contribution in [3.05, 3.63) is 65.2 Å². The Labute approximate surface area is 163 Å². The van der Waals surface area contributed by atoms with Crippen molar-refractivity contribution in [2.24, 2.45) is 5.92 Å². The lowest BCUT2D eigenvalue weighted by Crippen LogP contribution is -2.40. The van der Waals surface area contributed by atoms with Gasteiger partial charge in [-0.05, 0) is 43.1 Å². The molecular weight excluding hydrogens is 356 g/mol. The number of likely N-dealkylation sites (tertiary alicyclic amines) is 1. The van der Waals surface area contributed by atoms with Gasteiger partial charge in [0.05, 0.1) is 17.1 Å². The highest BCUT2D eigenvalue weighted by atomic mass is 32.1. The van der Waals surface area contributed by atoms with E-state index in [-0.39, 0.29) is 11.8 Å². The summed E-state index contributed by atoms with van der Waals surface area (Å²) in [4.78, 5) is 23.6. The van der Waals surface area contributed by atoms with Crippen molar-refractivity contribution >= 4 is 22.9 Å². The third-order valence-corrected chi connectivity index (χ3v) is 5.47. The Morgan fingerprint density at radius 1 is 1.26 bits per heavy atom. The zero-order chi connectivity index (χ0) is 18.5. The van der Waals surface area contributed by atoms with Crippen molar-refractivity contribution in [3.63, 3.8) is 0 Å². The number of aromatic nitrogens is 2. The third-order valence-electron chi connectivity index (χ3n) is 4.89. The first-order chi connectivity index (χ1) is 13.3. The Morgan fingerprint density at radius 2 is 2.15 bits per heavy atom. The van der Waals surface area contributed by atoms with E-state index in [1.165, 1.54) is 5.56 Å². The van der Waals surface area contributed by atoms with Gasteiger partial charge in [-0.3, -0.25) is 14.7 Å². The normalized spacial score (nSPS) is 17.6. The molecule has 0 aliphatic carbocycles. The minimum atomic E-state index is 0.0219. The molecule has 138 valence electrons. The Balaban J connectivity index is 1.35. The molecule has 1 aromatic carbocycles. The largest absolute Gasteiger partial charge is 0.326 e. The topological polar surface area (TPSA) is 58.1 Å². The SMILES string of the molecule is O=C(Nc1ccc(-c2cscn2)cc1)[C@@H]1CCCN(Cc2cccnc2)C1. The molecule has 0 spiro atoms. The van der Waals surface area contributed by atoms with Gasteiger partial charge in [0, 0.05) is 42.1 Å². The van der Waals surface area contributed by atoms with Crippen LogP contribution in [0.2, 0.25) is 0 Å². The van der Waals surface area contributed by atoms with Crippen LogP contribution >= 0.6 is 11.3 Å². The lowest BCUT2D eigenvalue weighted by Gasteiger charge is -2.31. The van der Waals surface area contributed by atoms with E-state index < -0.39 is 0 Å². The Bertz CT molecular complexity index is 865. The highest BCUT2D eigenvalue weighted by Gasteiger charge is 2.25. The summed E-state index contributed by atoms with van der Waals surface area (Å²) in [7, 11) is 0. The van der Waals surface area contributed by atoms with Crippen LogP contribution in [0.25, 0.3) is 11.3 Å². The Kier molecular flexibility index (Phi) is 5.55. The number of benzene rings is 1. The second-order valence-corrected chi connectivity index (χ2v) is 7.59. The molecule has 1 atom stereocenters. The van der Waals surface area contributed by atoms with Crippen molar-refractivity contribution in [2.45, 2.75) is 19.4 Å². The van der Waals surface area contributed by atoms with Crippen LogP contribution in [-0.4, -0.2) is 33.9 Å². The van der Waals surface area contributed by atoms with E-state index in [4.69, 9.17) is 0 Å². The van der Waals surface area contributed by atoms with Gasteiger partial charge in [-0.2, -0.15) is 0 Å². The van der Waals surface area contributed by atoms with Crippen LogP contribution in [0.5, 0.6) is 0 Å². The highest BCUT2D eigenvalue weighted by molar-refractivity contribution is 7.07. The van der Waals surface area contributed by atoms with Crippen LogP contribution in [0.3, 0.4) is 0 Å². The Morgan fingerprint density at radius 3 is 2.89 bits per heavy atom. The van der Waals surface area contributed by atoms with Gasteiger partial charge >= 0.3 is 0 Å². The monoisotopic (exact) mass is 378 g/mol. The summed E-state index contributed by atoms with van der Waals surface area (Å²) in [6, 6.07) is 11.9. The molecule has 27 heavy (non-hydrogen) atoms. The van der Waals surface area contributed by atoms with E-state index in [1.807, 2.05) is 47.4 Å². The summed E-state index contributed by atoms with van der Waals surface area (Å²) in [6.45, 7) is 2.67. The van der Waals surface area contributed by atoms with Crippen molar-refractivity contribution in [2.75, 3.05) is 18.4 Å². The van der Waals surface area contributed by atoms with Gasteiger partial charge in [0.25, 0.3) is 0 Å². The van der Waals surface area contributed by atoms with Crippen molar-refractivity contribution < 1.29 is 4.79 Å². The molecule has 0 radical (unpaired) electrons. The average Bonchev–Trinajstić information content (AvgIpc) is 3.24. The first-order valence-corrected chi connectivity index (χ1v) is 10.1. The smallest absolute Gasteiger partial charge is 0.228 e. The summed E-state index contributed by atoms with van der Waals surface area (Å²) in [5.41, 5.74) is 5.89. The molecule has 1 fully saturated rings. The standard InChI is InChI=1S/C21H22N4OS/c26-21(24-19-7-5-17(6-8-19)20-14-27-15-23-20)18-4-2-10-25(13-18)12-16-3-1-9-22-11-16/h1,3,5-9,11,14-15,18H,2,4,10,12-13H2,(H,24,26)/t18-/m1/s1. The van der Waals surface area contributed by atoms with E-state index >= 15 is 0 Å². The van der Waals surface area contributed by atoms with Crippen LogP contribution < -0.4 is 5.32 Å². The summed E-state index contributed by atoms with van der Waals surface area (Å²) in [5.74, 6) is 0.126. The number of pyridine rings is 1. The van der Waals surface area contributed by atoms with E-state index in [0.29, 0.717) is 0 Å². The first kappa shape index (κ1) is 17.8. The molecule has 0 unspecified atom stereocenters. The molecule has 3 heterocycles. The lowest BCUT2D eigenvalue weighted by molar-refractivity contribution is -0.121. The maximum atomic E-state index is 12.7. The number of anilines is 1. The first-order valence-electron chi connectivity index (χ1n) is 9.19. The second kappa shape index (κ2) is 8.41. The van der Waals surface area contributed by atoms with Crippen LogP contribution in [0, 0.1) is 5.92 Å². The van der Waals surface area contributed by atoms with Crippen molar-refractivity contribution in [1.29, 1.82) is 0 Å². The predicted molar refractivity (Wildman–Crippen MR) is 108 cm³/mol. The fourth-order valence-electron chi connectivity index (χ4n) is 3.49. The molecule has 6 heteroatoms. The molecule has 2 aromatic heterocycles. The van der Waals surface area contributed by atoms with Crippen LogP contribution in [-0.2, 0) is 11.3 Å². The fourth-order valence-corrected chi connectivity index (χ4v) is 4.05. The molecule has 1 N–H and O–H groups in total. The highest BCUT2D eigenvalue weighted by Crippen LogP contribution is 2.23. The number of carbonyl (C=O) groups is 1. The van der Waals surface area contributed by atoms with Gasteiger partial charge in [0.1, 0.15) is 0 Å². The molecule has 1 saturated heterocycles. The van der Waals surface area contributed by atoms with E-state index in [0.717, 1.165) is 49.4 Å². The molecule has 1 aliphatic heterocycles. The summed E-state index contributed by atoms with van der Waals surface area (Å²) >= 11 is 1.58. The fraction of sp³-hybridized carbons (Fsp3) is 0.286. The third kappa shape index (κ3) is 4.59. The number of hydrogen-bond acceptors (Lipinski definition) is 5.